The van der Waals surface area contributed by atoms with Crippen LogP contribution in [0.2, 0.25) is 0 Å². The summed E-state index contributed by atoms with van der Waals surface area (Å²) in [5.41, 5.74) is 2.63. The van der Waals surface area contributed by atoms with Gasteiger partial charge in [0.2, 0.25) is 11.7 Å². The molecule has 1 amide bonds. The lowest BCUT2D eigenvalue weighted by molar-refractivity contribution is 0.0943. The van der Waals surface area contributed by atoms with Crippen LogP contribution in [0.4, 0.5) is 0 Å². The average molecular weight is 365 g/mol. The monoisotopic (exact) mass is 365 g/mol. The number of benzene rings is 2. The second-order valence-electron chi connectivity index (χ2n) is 5.66. The molecule has 0 fully saturated rings. The second kappa shape index (κ2) is 8.49. The molecule has 1 aromatic heterocycles. The minimum atomic E-state index is -0.174. The van der Waals surface area contributed by atoms with Gasteiger partial charge in [-0.25, -0.2) is 0 Å². The molecule has 0 unspecified atom stereocenters. The molecule has 0 saturated heterocycles. The lowest BCUT2D eigenvalue weighted by Crippen LogP contribution is -2.23. The van der Waals surface area contributed by atoms with Crippen LogP contribution >= 0.6 is 11.8 Å². The predicted octanol–water partition coefficient (Wildman–Crippen LogP) is 4.25. The fourth-order valence-electron chi connectivity index (χ4n) is 2.41. The highest BCUT2D eigenvalue weighted by molar-refractivity contribution is 7.99. The first-order valence-corrected chi connectivity index (χ1v) is 9.16. The van der Waals surface area contributed by atoms with Gasteiger partial charge in [-0.2, -0.15) is 4.98 Å². The molecule has 6 heteroatoms. The summed E-state index contributed by atoms with van der Waals surface area (Å²) in [5.74, 6) is 1.45. The topological polar surface area (TPSA) is 68.0 Å². The summed E-state index contributed by atoms with van der Waals surface area (Å²) < 4.78 is 5.25. The molecule has 0 aliphatic carbocycles. The number of thioether (sulfide) groups is 1. The van der Waals surface area contributed by atoms with Crippen molar-refractivity contribution in [2.75, 3.05) is 5.75 Å². The van der Waals surface area contributed by atoms with Crippen molar-refractivity contribution < 1.29 is 9.32 Å². The lowest BCUT2D eigenvalue weighted by atomic mass is 10.1. The van der Waals surface area contributed by atoms with Gasteiger partial charge in [0.15, 0.2) is 0 Å². The van der Waals surface area contributed by atoms with Crippen molar-refractivity contribution in [1.29, 1.82) is 0 Å². The fraction of sp³-hybridized carbons (Fsp3) is 0.150. The number of hydrogen-bond acceptors (Lipinski definition) is 5. The van der Waals surface area contributed by atoms with Gasteiger partial charge in [0.05, 0.1) is 12.1 Å². The smallest absolute Gasteiger partial charge is 0.252 e. The first-order valence-electron chi connectivity index (χ1n) is 8.18. The van der Waals surface area contributed by atoms with Gasteiger partial charge in [-0.1, -0.05) is 47.1 Å². The highest BCUT2D eigenvalue weighted by atomic mass is 32.2. The van der Waals surface area contributed by atoms with E-state index in [1.165, 1.54) is 0 Å². The molecule has 1 N–H and O–H groups in total. The molecule has 2 aromatic carbocycles. The number of rotatable bonds is 7. The molecule has 0 spiro atoms. The van der Waals surface area contributed by atoms with E-state index in [4.69, 9.17) is 4.52 Å². The number of carbonyl (C=O) groups is 1. The highest BCUT2D eigenvalue weighted by Crippen LogP contribution is 2.22. The summed E-state index contributed by atoms with van der Waals surface area (Å²) in [5, 5.41) is 6.82. The molecule has 5 nitrogen and oxygen atoms in total. The number of aryl methyl sites for hydroxylation is 1. The normalized spacial score (nSPS) is 10.5. The Morgan fingerprint density at radius 1 is 1.27 bits per heavy atom. The Bertz CT molecular complexity index is 921. The zero-order valence-corrected chi connectivity index (χ0v) is 15.3. The Balaban J connectivity index is 1.66. The zero-order chi connectivity index (χ0) is 18.4. The summed E-state index contributed by atoms with van der Waals surface area (Å²) in [6.07, 6.45) is 1.81. The third-order valence-corrected chi connectivity index (χ3v) is 4.70. The van der Waals surface area contributed by atoms with Gasteiger partial charge in [0.1, 0.15) is 0 Å². The van der Waals surface area contributed by atoms with Crippen molar-refractivity contribution in [3.8, 4) is 11.4 Å². The van der Waals surface area contributed by atoms with Crippen LogP contribution in [0.25, 0.3) is 11.4 Å². The molecule has 3 rings (SSSR count). The molecule has 0 saturated carbocycles. The van der Waals surface area contributed by atoms with E-state index >= 15 is 0 Å². The Morgan fingerprint density at radius 2 is 2.12 bits per heavy atom. The van der Waals surface area contributed by atoms with Crippen molar-refractivity contribution in [1.82, 2.24) is 15.5 Å². The van der Waals surface area contributed by atoms with Crippen molar-refractivity contribution in [2.24, 2.45) is 0 Å². The SMILES string of the molecule is C=CCSc1ccccc1C(=O)NCc1nc(-c2cccc(C)c2)no1. The molecular weight excluding hydrogens is 346 g/mol. The maximum atomic E-state index is 12.5. The molecule has 3 aromatic rings. The number of nitrogens with zero attached hydrogens (tertiary/aromatic N) is 2. The lowest BCUT2D eigenvalue weighted by Gasteiger charge is -2.07. The first kappa shape index (κ1) is 17.9. The van der Waals surface area contributed by atoms with E-state index in [-0.39, 0.29) is 12.5 Å². The summed E-state index contributed by atoms with van der Waals surface area (Å²) in [6.45, 7) is 5.90. The van der Waals surface area contributed by atoms with Gasteiger partial charge in [-0.05, 0) is 25.1 Å². The molecular formula is C20H19N3O2S. The fourth-order valence-corrected chi connectivity index (χ4v) is 3.20. The second-order valence-corrected chi connectivity index (χ2v) is 6.72. The molecule has 0 aliphatic heterocycles. The molecule has 0 atom stereocenters. The van der Waals surface area contributed by atoms with E-state index in [2.05, 4.69) is 22.0 Å². The molecule has 132 valence electrons. The zero-order valence-electron chi connectivity index (χ0n) is 14.4. The Hall–Kier alpha value is -2.86. The van der Waals surface area contributed by atoms with Gasteiger partial charge >= 0.3 is 0 Å². The minimum absolute atomic E-state index is 0.174. The molecule has 0 radical (unpaired) electrons. The van der Waals surface area contributed by atoms with Crippen LogP contribution < -0.4 is 5.32 Å². The quantitative estimate of drug-likeness (QED) is 0.501. The van der Waals surface area contributed by atoms with E-state index in [0.717, 1.165) is 21.8 Å². The molecule has 1 heterocycles. The van der Waals surface area contributed by atoms with Crippen LogP contribution in [0.1, 0.15) is 21.8 Å². The summed E-state index contributed by atoms with van der Waals surface area (Å²) in [7, 11) is 0. The minimum Gasteiger partial charge on any atom is -0.343 e. The third-order valence-electron chi connectivity index (χ3n) is 3.63. The van der Waals surface area contributed by atoms with Crippen molar-refractivity contribution in [2.45, 2.75) is 18.4 Å². The maximum Gasteiger partial charge on any atom is 0.252 e. The molecule has 26 heavy (non-hydrogen) atoms. The first-order chi connectivity index (χ1) is 12.7. The van der Waals surface area contributed by atoms with E-state index in [1.807, 2.05) is 55.5 Å². The van der Waals surface area contributed by atoms with Crippen LogP contribution in [0.3, 0.4) is 0 Å². The molecule has 0 aliphatic rings. The van der Waals surface area contributed by atoms with Gasteiger partial charge in [-0.15, -0.1) is 18.3 Å². The maximum absolute atomic E-state index is 12.5. The van der Waals surface area contributed by atoms with Crippen LogP contribution in [-0.2, 0) is 6.54 Å². The van der Waals surface area contributed by atoms with Crippen LogP contribution in [0, 0.1) is 6.92 Å². The number of amides is 1. The van der Waals surface area contributed by atoms with Gasteiger partial charge in [0.25, 0.3) is 5.91 Å². The van der Waals surface area contributed by atoms with Gasteiger partial charge in [-0.3, -0.25) is 4.79 Å². The Labute approximate surface area is 156 Å². The summed E-state index contributed by atoms with van der Waals surface area (Å²) >= 11 is 1.57. The molecule has 0 bridgehead atoms. The standard InChI is InChI=1S/C20H19N3O2S/c1-3-11-26-17-10-5-4-9-16(17)20(24)21-13-18-22-19(23-25-18)15-8-6-7-14(2)12-15/h3-10,12H,1,11,13H2,2H3,(H,21,24). The van der Waals surface area contributed by atoms with Crippen molar-refractivity contribution >= 4 is 17.7 Å². The van der Waals surface area contributed by atoms with E-state index in [0.29, 0.717) is 17.3 Å². The Kier molecular flexibility index (Phi) is 5.86. The predicted molar refractivity (Wildman–Crippen MR) is 103 cm³/mol. The number of hydrogen-bond donors (Lipinski definition) is 1. The van der Waals surface area contributed by atoms with Gasteiger partial charge in [0, 0.05) is 16.2 Å². The Morgan fingerprint density at radius 3 is 2.92 bits per heavy atom. The van der Waals surface area contributed by atoms with E-state index < -0.39 is 0 Å². The van der Waals surface area contributed by atoms with Crippen molar-refractivity contribution in [3.63, 3.8) is 0 Å². The van der Waals surface area contributed by atoms with Crippen LogP contribution in [0.15, 0.2) is 70.6 Å². The van der Waals surface area contributed by atoms with E-state index in [9.17, 15) is 4.79 Å². The number of carbonyl (C=O) groups excluding carboxylic acids is 1. The van der Waals surface area contributed by atoms with E-state index in [1.54, 1.807) is 17.8 Å². The summed E-state index contributed by atoms with van der Waals surface area (Å²) in [4.78, 5) is 17.7. The van der Waals surface area contributed by atoms with Crippen LogP contribution in [-0.4, -0.2) is 21.8 Å². The number of nitrogens with one attached hydrogen (secondary N) is 1. The van der Waals surface area contributed by atoms with Crippen LogP contribution in [0.5, 0.6) is 0 Å². The third kappa shape index (κ3) is 4.40. The largest absolute Gasteiger partial charge is 0.343 e. The van der Waals surface area contributed by atoms with Crippen molar-refractivity contribution in [3.05, 3.63) is 78.2 Å². The highest BCUT2D eigenvalue weighted by Gasteiger charge is 2.13. The van der Waals surface area contributed by atoms with Gasteiger partial charge < -0.3 is 9.84 Å². The number of aromatic nitrogens is 2. The average Bonchev–Trinajstić information content (AvgIpc) is 3.14. The summed E-state index contributed by atoms with van der Waals surface area (Å²) in [6, 6.07) is 15.3.